The van der Waals surface area contributed by atoms with E-state index in [9.17, 15) is 8.42 Å². The van der Waals surface area contributed by atoms with E-state index in [1.54, 1.807) is 6.07 Å². The number of aromatic amines is 1. The Morgan fingerprint density at radius 3 is 2.79 bits per heavy atom. The first-order valence-electron chi connectivity index (χ1n) is 12.1. The van der Waals surface area contributed by atoms with E-state index >= 15 is 0 Å². The molecule has 176 valence electrons. The minimum atomic E-state index is -3.27. The lowest BCUT2D eigenvalue weighted by Gasteiger charge is -2.23. The van der Waals surface area contributed by atoms with E-state index in [0.717, 1.165) is 70.3 Å². The van der Waals surface area contributed by atoms with Crippen molar-refractivity contribution in [2.45, 2.75) is 42.8 Å². The van der Waals surface area contributed by atoms with Gasteiger partial charge in [-0.05, 0) is 86.2 Å². The summed E-state index contributed by atoms with van der Waals surface area (Å²) in [6, 6.07) is 13.5. The molecule has 0 unspecified atom stereocenters. The Bertz CT molecular complexity index is 1480. The number of H-pyrrole nitrogens is 1. The maximum Gasteiger partial charge on any atom is 0.181 e. The van der Waals surface area contributed by atoms with Crippen LogP contribution in [0, 0.1) is 12.8 Å². The van der Waals surface area contributed by atoms with Gasteiger partial charge >= 0.3 is 0 Å². The number of benzene rings is 2. The largest absolute Gasteiger partial charge is 0.491 e. The first-order valence-corrected chi connectivity index (χ1v) is 13.6. The molecule has 2 aromatic carbocycles. The fourth-order valence-electron chi connectivity index (χ4n) is 5.01. The number of sulfone groups is 1. The van der Waals surface area contributed by atoms with Crippen LogP contribution >= 0.6 is 0 Å². The first kappa shape index (κ1) is 21.6. The van der Waals surface area contributed by atoms with Crippen molar-refractivity contribution in [2.75, 3.05) is 19.7 Å². The fourth-order valence-corrected chi connectivity index (χ4v) is 6.71. The summed E-state index contributed by atoms with van der Waals surface area (Å²) in [5.74, 6) is 1.30. The molecule has 34 heavy (non-hydrogen) atoms. The molecule has 1 aliphatic carbocycles. The van der Waals surface area contributed by atoms with Crippen molar-refractivity contribution in [2.24, 2.45) is 5.92 Å². The quantitative estimate of drug-likeness (QED) is 0.410. The molecular weight excluding hydrogens is 446 g/mol. The lowest BCUT2D eigenvalue weighted by atomic mass is 9.99. The number of ether oxygens (including phenoxy) is 1. The molecule has 0 spiro atoms. The lowest BCUT2D eigenvalue weighted by molar-refractivity contribution is 0.220. The number of rotatable bonds is 6. The van der Waals surface area contributed by atoms with E-state index in [0.29, 0.717) is 17.4 Å². The predicted octanol–water partition coefficient (Wildman–Crippen LogP) is 5.01. The Labute approximate surface area is 199 Å². The van der Waals surface area contributed by atoms with Gasteiger partial charge in [-0.1, -0.05) is 12.1 Å². The molecule has 3 heterocycles. The fraction of sp³-hybridized carbons (Fsp3) is 0.370. The molecule has 7 heteroatoms. The average molecular weight is 476 g/mol. The van der Waals surface area contributed by atoms with Crippen LogP contribution in [0.1, 0.15) is 31.2 Å². The molecule has 2 fully saturated rings. The summed E-state index contributed by atoms with van der Waals surface area (Å²) < 4.78 is 32.1. The number of nitrogens with zero attached hydrogens (tertiary/aromatic N) is 1. The van der Waals surface area contributed by atoms with Gasteiger partial charge in [-0.15, -0.1) is 0 Å². The van der Waals surface area contributed by atoms with Crippen LogP contribution < -0.4 is 10.1 Å². The molecule has 6 rings (SSSR count). The van der Waals surface area contributed by atoms with Gasteiger partial charge in [0.25, 0.3) is 0 Å². The van der Waals surface area contributed by atoms with Crippen LogP contribution in [0.4, 0.5) is 0 Å². The Morgan fingerprint density at radius 2 is 2.00 bits per heavy atom. The molecule has 1 aliphatic heterocycles. The van der Waals surface area contributed by atoms with Crippen molar-refractivity contribution in [1.29, 1.82) is 0 Å². The first-order chi connectivity index (χ1) is 16.5. The standard InChI is InChI=1S/C27H29N3O3S/c1-17-12-23-25-22(19-5-2-6-21(13-19)34(31,32)20-7-8-20)9-10-24(26(25)30-27(23)29-14-17)33-16-18-4-3-11-28-15-18/h2,5-6,9-10,12-14,18,20,28H,3-4,7-8,11,15-16H2,1H3,(H,29,30)/t18-/m1/s1. The Morgan fingerprint density at radius 1 is 1.12 bits per heavy atom. The van der Waals surface area contributed by atoms with E-state index in [1.165, 1.54) is 12.8 Å². The number of aryl methyl sites for hydroxylation is 1. The van der Waals surface area contributed by atoms with E-state index in [4.69, 9.17) is 4.74 Å². The van der Waals surface area contributed by atoms with Gasteiger partial charge in [0.2, 0.25) is 0 Å². The van der Waals surface area contributed by atoms with Gasteiger partial charge in [-0.3, -0.25) is 0 Å². The van der Waals surface area contributed by atoms with Crippen molar-refractivity contribution in [3.63, 3.8) is 0 Å². The predicted molar refractivity (Wildman–Crippen MR) is 135 cm³/mol. The Balaban J connectivity index is 1.47. The van der Waals surface area contributed by atoms with Crippen molar-refractivity contribution >= 4 is 31.8 Å². The smallest absolute Gasteiger partial charge is 0.181 e. The SMILES string of the molecule is Cc1cnc2[nH]c3c(OC[C@@H]4CCCNC4)ccc(-c4cccc(S(=O)(=O)C5CC5)c4)c3c2c1. The Kier molecular flexibility index (Phi) is 5.34. The van der Waals surface area contributed by atoms with Crippen LogP contribution in [-0.4, -0.2) is 43.3 Å². The summed E-state index contributed by atoms with van der Waals surface area (Å²) in [5, 5.41) is 5.26. The average Bonchev–Trinajstić information content (AvgIpc) is 3.66. The van der Waals surface area contributed by atoms with Gasteiger partial charge in [0.15, 0.2) is 9.84 Å². The molecule has 2 aliphatic rings. The molecule has 2 aromatic heterocycles. The highest BCUT2D eigenvalue weighted by Gasteiger charge is 2.37. The summed E-state index contributed by atoms with van der Waals surface area (Å²) in [6.07, 6.45) is 5.72. The lowest BCUT2D eigenvalue weighted by Crippen LogP contribution is -2.33. The highest BCUT2D eigenvalue weighted by atomic mass is 32.2. The topological polar surface area (TPSA) is 84.1 Å². The highest BCUT2D eigenvalue weighted by molar-refractivity contribution is 7.92. The summed E-state index contributed by atoms with van der Waals surface area (Å²) in [4.78, 5) is 8.49. The number of aromatic nitrogens is 2. The zero-order chi connectivity index (χ0) is 23.3. The van der Waals surface area contributed by atoms with E-state index in [-0.39, 0.29) is 5.25 Å². The second-order valence-electron chi connectivity index (χ2n) is 9.69. The van der Waals surface area contributed by atoms with Crippen molar-refractivity contribution in [3.8, 4) is 16.9 Å². The van der Waals surface area contributed by atoms with E-state index in [2.05, 4.69) is 27.4 Å². The Hall–Kier alpha value is -2.90. The monoisotopic (exact) mass is 475 g/mol. The van der Waals surface area contributed by atoms with Crippen molar-refractivity contribution in [3.05, 3.63) is 54.2 Å². The minimum Gasteiger partial charge on any atom is -0.491 e. The molecule has 1 saturated carbocycles. The number of nitrogens with one attached hydrogen (secondary N) is 2. The molecule has 1 atom stereocenters. The number of piperidine rings is 1. The molecule has 4 aromatic rings. The minimum absolute atomic E-state index is 0.229. The summed E-state index contributed by atoms with van der Waals surface area (Å²) in [6.45, 7) is 4.76. The highest BCUT2D eigenvalue weighted by Crippen LogP contribution is 2.41. The summed E-state index contributed by atoms with van der Waals surface area (Å²) >= 11 is 0. The summed E-state index contributed by atoms with van der Waals surface area (Å²) in [5.41, 5.74) is 4.65. The van der Waals surface area contributed by atoms with Crippen molar-refractivity contribution in [1.82, 2.24) is 15.3 Å². The molecule has 0 bridgehead atoms. The van der Waals surface area contributed by atoms with Gasteiger partial charge in [-0.2, -0.15) is 0 Å². The third-order valence-corrected chi connectivity index (χ3v) is 9.27. The second kappa shape index (κ2) is 8.40. The maximum atomic E-state index is 12.9. The van der Waals surface area contributed by atoms with Crippen LogP contribution in [-0.2, 0) is 9.84 Å². The molecule has 6 nitrogen and oxygen atoms in total. The van der Waals surface area contributed by atoms with Gasteiger partial charge in [0.1, 0.15) is 11.4 Å². The third-order valence-electron chi connectivity index (χ3n) is 7.01. The number of hydrogen-bond acceptors (Lipinski definition) is 5. The zero-order valence-corrected chi connectivity index (χ0v) is 20.1. The normalized spacial score (nSPS) is 19.0. The number of pyridine rings is 1. The maximum absolute atomic E-state index is 12.9. The van der Waals surface area contributed by atoms with E-state index in [1.807, 2.05) is 37.4 Å². The number of fused-ring (bicyclic) bond motifs is 3. The van der Waals surface area contributed by atoms with Crippen LogP contribution in [0.3, 0.4) is 0 Å². The molecule has 0 radical (unpaired) electrons. The molecule has 0 amide bonds. The molecule has 2 N–H and O–H groups in total. The van der Waals surface area contributed by atoms with Gasteiger partial charge < -0.3 is 15.0 Å². The molecule has 1 saturated heterocycles. The van der Waals surface area contributed by atoms with Crippen LogP contribution in [0.5, 0.6) is 5.75 Å². The van der Waals surface area contributed by atoms with Crippen LogP contribution in [0.2, 0.25) is 0 Å². The summed E-state index contributed by atoms with van der Waals surface area (Å²) in [7, 11) is -3.27. The van der Waals surface area contributed by atoms with E-state index < -0.39 is 9.84 Å². The van der Waals surface area contributed by atoms with Gasteiger partial charge in [0, 0.05) is 29.4 Å². The third kappa shape index (κ3) is 3.87. The van der Waals surface area contributed by atoms with Crippen LogP contribution in [0.25, 0.3) is 33.1 Å². The van der Waals surface area contributed by atoms with Gasteiger partial charge in [-0.25, -0.2) is 13.4 Å². The zero-order valence-electron chi connectivity index (χ0n) is 19.3. The van der Waals surface area contributed by atoms with Crippen molar-refractivity contribution < 1.29 is 13.2 Å². The molecular formula is C27H29N3O3S. The van der Waals surface area contributed by atoms with Crippen LogP contribution in [0.15, 0.2) is 53.6 Å². The number of hydrogen-bond donors (Lipinski definition) is 2. The van der Waals surface area contributed by atoms with Gasteiger partial charge in [0.05, 0.1) is 22.3 Å². The second-order valence-corrected chi connectivity index (χ2v) is 11.9.